The van der Waals surface area contributed by atoms with E-state index in [-0.39, 0.29) is 23.3 Å². The Bertz CT molecular complexity index is 1570. The highest BCUT2D eigenvalue weighted by molar-refractivity contribution is 5.85. The van der Waals surface area contributed by atoms with E-state index in [4.69, 9.17) is 15.5 Å². The number of nitrogen functional groups attached to an aromatic ring is 1. The normalized spacial score (nSPS) is 21.3. The minimum absolute atomic E-state index is 0.0864. The summed E-state index contributed by atoms with van der Waals surface area (Å²) < 4.78 is 47.7. The number of halogens is 3. The van der Waals surface area contributed by atoms with Crippen LogP contribution in [0.15, 0.2) is 60.9 Å². The Morgan fingerprint density at radius 2 is 1.85 bits per heavy atom. The van der Waals surface area contributed by atoms with Gasteiger partial charge in [0.25, 0.3) is 0 Å². The standard InChI is InChI=1S/C28H26F3N5O3/c1-27(38,18-3-2-4-19(13-18)28(29,30)31)17-7-5-16(6-8-17)23-24-25(32)33-11-12-35(24)26(34-23)21-14-36-20(15-39-21)9-10-22(36)37/h2-8,11-13,20-21,38H,9-10,14-15H2,1H3,(H2,32,33)/t20-,21-,27?/m1/s1. The fourth-order valence-corrected chi connectivity index (χ4v) is 5.47. The van der Waals surface area contributed by atoms with Crippen LogP contribution in [-0.4, -0.2) is 49.5 Å². The van der Waals surface area contributed by atoms with Crippen LogP contribution >= 0.6 is 0 Å². The van der Waals surface area contributed by atoms with Crippen LogP contribution < -0.4 is 5.73 Å². The first-order valence-corrected chi connectivity index (χ1v) is 12.6. The van der Waals surface area contributed by atoms with E-state index < -0.39 is 23.4 Å². The van der Waals surface area contributed by atoms with Gasteiger partial charge in [0.05, 0.1) is 24.8 Å². The molecule has 11 heteroatoms. The van der Waals surface area contributed by atoms with Crippen LogP contribution in [0.3, 0.4) is 0 Å². The topological polar surface area (TPSA) is 106 Å². The van der Waals surface area contributed by atoms with Crippen molar-refractivity contribution < 1.29 is 27.8 Å². The first kappa shape index (κ1) is 25.3. The summed E-state index contributed by atoms with van der Waals surface area (Å²) in [6.45, 7) is 2.28. The molecule has 2 aliphatic rings. The molecule has 6 rings (SSSR count). The van der Waals surface area contributed by atoms with Crippen molar-refractivity contribution in [2.24, 2.45) is 0 Å². The number of morpholine rings is 1. The Balaban J connectivity index is 1.36. The van der Waals surface area contributed by atoms with Crippen molar-refractivity contribution in [3.05, 3.63) is 83.4 Å². The van der Waals surface area contributed by atoms with Gasteiger partial charge in [-0.1, -0.05) is 36.4 Å². The maximum absolute atomic E-state index is 13.2. The molecule has 2 fully saturated rings. The molecule has 2 aliphatic heterocycles. The molecule has 3 N–H and O–H groups in total. The second-order valence-corrected chi connectivity index (χ2v) is 10.1. The van der Waals surface area contributed by atoms with E-state index in [2.05, 4.69) is 4.98 Å². The molecule has 2 aromatic heterocycles. The van der Waals surface area contributed by atoms with Gasteiger partial charge in [-0.15, -0.1) is 0 Å². The minimum atomic E-state index is -4.52. The Morgan fingerprint density at radius 1 is 1.10 bits per heavy atom. The van der Waals surface area contributed by atoms with Crippen LogP contribution in [0.25, 0.3) is 16.8 Å². The second kappa shape index (κ2) is 9.06. The highest BCUT2D eigenvalue weighted by Gasteiger charge is 2.39. The number of imidazole rings is 1. The molecule has 8 nitrogen and oxygen atoms in total. The van der Waals surface area contributed by atoms with Crippen molar-refractivity contribution in [2.45, 2.75) is 43.7 Å². The van der Waals surface area contributed by atoms with Gasteiger partial charge in [-0.25, -0.2) is 9.97 Å². The molecular weight excluding hydrogens is 511 g/mol. The number of alkyl halides is 3. The van der Waals surface area contributed by atoms with Gasteiger partial charge in [-0.05, 0) is 36.6 Å². The number of nitrogens with zero attached hydrogens (tertiary/aromatic N) is 4. The highest BCUT2D eigenvalue weighted by Crippen LogP contribution is 2.38. The highest BCUT2D eigenvalue weighted by atomic mass is 19.4. The lowest BCUT2D eigenvalue weighted by Gasteiger charge is -2.34. The summed E-state index contributed by atoms with van der Waals surface area (Å²) in [6.07, 6.45) is -0.360. The van der Waals surface area contributed by atoms with E-state index in [0.717, 1.165) is 18.6 Å². The molecule has 3 atom stereocenters. The zero-order chi connectivity index (χ0) is 27.5. The van der Waals surface area contributed by atoms with Crippen LogP contribution in [0.1, 0.15) is 48.4 Å². The molecule has 1 amide bonds. The third-order valence-electron chi connectivity index (χ3n) is 7.68. The number of nitrogens with two attached hydrogens (primary N) is 1. The molecule has 2 aromatic carbocycles. The van der Waals surface area contributed by atoms with Crippen molar-refractivity contribution in [1.29, 1.82) is 0 Å². The van der Waals surface area contributed by atoms with Gasteiger partial charge in [0, 0.05) is 24.4 Å². The van der Waals surface area contributed by atoms with Crippen LogP contribution in [0.2, 0.25) is 0 Å². The lowest BCUT2D eigenvalue weighted by atomic mass is 9.87. The van der Waals surface area contributed by atoms with E-state index in [0.29, 0.717) is 47.7 Å². The van der Waals surface area contributed by atoms with Crippen LogP contribution in [0.4, 0.5) is 19.0 Å². The SMILES string of the molecule is CC(O)(c1ccc(-c2nc([C@H]3CN4C(=O)CC[C@@H]4CO3)n3ccnc(N)c23)cc1)c1cccc(C(F)(F)F)c1. The molecule has 4 aromatic rings. The summed E-state index contributed by atoms with van der Waals surface area (Å²) in [4.78, 5) is 23.3. The molecule has 0 bridgehead atoms. The van der Waals surface area contributed by atoms with Crippen LogP contribution in [0.5, 0.6) is 0 Å². The maximum Gasteiger partial charge on any atom is 0.416 e. The average Bonchev–Trinajstić information content (AvgIpc) is 3.50. The zero-order valence-corrected chi connectivity index (χ0v) is 21.0. The number of anilines is 1. The molecule has 0 radical (unpaired) electrons. The number of benzene rings is 2. The van der Waals surface area contributed by atoms with E-state index in [1.54, 1.807) is 36.7 Å². The van der Waals surface area contributed by atoms with Gasteiger partial charge < -0.3 is 20.5 Å². The van der Waals surface area contributed by atoms with Gasteiger partial charge in [0.15, 0.2) is 0 Å². The number of carbonyl (C=O) groups excluding carboxylic acids is 1. The quantitative estimate of drug-likeness (QED) is 0.402. The summed E-state index contributed by atoms with van der Waals surface area (Å²) in [5.41, 5.74) is 6.08. The fraction of sp³-hybridized carbons (Fsp3) is 0.321. The van der Waals surface area contributed by atoms with Crippen molar-refractivity contribution in [3.63, 3.8) is 0 Å². The van der Waals surface area contributed by atoms with Gasteiger partial charge in [-0.3, -0.25) is 9.20 Å². The van der Waals surface area contributed by atoms with Gasteiger partial charge in [0.2, 0.25) is 5.91 Å². The number of aliphatic hydroxyl groups is 1. The van der Waals surface area contributed by atoms with Crippen molar-refractivity contribution in [2.75, 3.05) is 18.9 Å². The van der Waals surface area contributed by atoms with Crippen molar-refractivity contribution in [1.82, 2.24) is 19.3 Å². The molecule has 2 saturated heterocycles. The summed E-state index contributed by atoms with van der Waals surface area (Å²) in [6, 6.07) is 11.5. The fourth-order valence-electron chi connectivity index (χ4n) is 5.47. The number of aromatic nitrogens is 3. The van der Waals surface area contributed by atoms with Crippen LogP contribution in [0, 0.1) is 0 Å². The summed E-state index contributed by atoms with van der Waals surface area (Å²) in [7, 11) is 0. The number of carbonyl (C=O) groups is 1. The molecular formula is C28H26F3N5O3. The summed E-state index contributed by atoms with van der Waals surface area (Å²) >= 11 is 0. The molecule has 1 unspecified atom stereocenters. The lowest BCUT2D eigenvalue weighted by Crippen LogP contribution is -2.44. The van der Waals surface area contributed by atoms with Gasteiger partial charge in [0.1, 0.15) is 34.6 Å². The first-order valence-electron chi connectivity index (χ1n) is 12.6. The Hall–Kier alpha value is -3.96. The third-order valence-corrected chi connectivity index (χ3v) is 7.68. The molecule has 0 spiro atoms. The molecule has 202 valence electrons. The van der Waals surface area contributed by atoms with E-state index in [9.17, 15) is 23.1 Å². The number of hydrogen-bond acceptors (Lipinski definition) is 6. The maximum atomic E-state index is 13.2. The molecule has 39 heavy (non-hydrogen) atoms. The van der Waals surface area contributed by atoms with E-state index in [1.165, 1.54) is 19.1 Å². The summed E-state index contributed by atoms with van der Waals surface area (Å²) in [5, 5.41) is 11.2. The Kier molecular flexibility index (Phi) is 5.88. The second-order valence-electron chi connectivity index (χ2n) is 10.1. The number of hydrogen-bond donors (Lipinski definition) is 2. The van der Waals surface area contributed by atoms with Gasteiger partial charge >= 0.3 is 6.18 Å². The molecule has 0 saturated carbocycles. The van der Waals surface area contributed by atoms with Crippen molar-refractivity contribution in [3.8, 4) is 11.3 Å². The van der Waals surface area contributed by atoms with Gasteiger partial charge in [-0.2, -0.15) is 13.2 Å². The largest absolute Gasteiger partial charge is 0.416 e. The predicted octanol–water partition coefficient (Wildman–Crippen LogP) is 4.32. The van der Waals surface area contributed by atoms with Crippen LogP contribution in [-0.2, 0) is 21.3 Å². The third kappa shape index (κ3) is 4.31. The minimum Gasteiger partial charge on any atom is -0.382 e. The zero-order valence-electron chi connectivity index (χ0n) is 21.0. The predicted molar refractivity (Wildman–Crippen MR) is 136 cm³/mol. The lowest BCUT2D eigenvalue weighted by molar-refractivity contribution is -0.138. The average molecular weight is 538 g/mol. The molecule has 4 heterocycles. The van der Waals surface area contributed by atoms with E-state index >= 15 is 0 Å². The number of amides is 1. The Labute approximate surface area is 221 Å². The number of rotatable bonds is 4. The molecule has 0 aliphatic carbocycles. The van der Waals surface area contributed by atoms with Crippen molar-refractivity contribution >= 4 is 17.2 Å². The Morgan fingerprint density at radius 3 is 2.59 bits per heavy atom. The number of fused-ring (bicyclic) bond motifs is 2. The smallest absolute Gasteiger partial charge is 0.382 e. The van der Waals surface area contributed by atoms with E-state index in [1.807, 2.05) is 9.30 Å². The monoisotopic (exact) mass is 537 g/mol. The summed E-state index contributed by atoms with van der Waals surface area (Å²) in [5.74, 6) is 0.962. The number of ether oxygens (including phenoxy) is 1. The first-order chi connectivity index (χ1) is 18.5.